The lowest BCUT2D eigenvalue weighted by Crippen LogP contribution is -2.04. The van der Waals surface area contributed by atoms with Gasteiger partial charge in [0.05, 0.1) is 6.61 Å². The van der Waals surface area contributed by atoms with Gasteiger partial charge in [0.25, 0.3) is 0 Å². The second-order valence-electron chi connectivity index (χ2n) is 3.74. The molecule has 3 heteroatoms. The van der Waals surface area contributed by atoms with Crippen LogP contribution < -0.4 is 4.74 Å². The van der Waals surface area contributed by atoms with Crippen LogP contribution in [0.1, 0.15) is 43.1 Å². The van der Waals surface area contributed by atoms with Crippen LogP contribution in [-0.2, 0) is 0 Å². The first-order valence-electron chi connectivity index (χ1n) is 5.39. The second kappa shape index (κ2) is 5.45. The number of hydrogen-bond acceptors (Lipinski definition) is 3. The van der Waals surface area contributed by atoms with Crippen LogP contribution in [-0.4, -0.2) is 18.1 Å². The maximum atomic E-state index is 11.2. The van der Waals surface area contributed by atoms with Gasteiger partial charge in [-0.15, -0.1) is 0 Å². The number of nitrogens with one attached hydrogen (secondary N) is 1. The summed E-state index contributed by atoms with van der Waals surface area (Å²) in [5, 5.41) is 7.62. The molecule has 1 rings (SSSR count). The molecule has 3 nitrogen and oxygen atoms in total. The Bertz CT molecular complexity index is 410. The third kappa shape index (κ3) is 2.92. The topological polar surface area (TPSA) is 50.2 Å². The first-order valence-corrected chi connectivity index (χ1v) is 5.39. The largest absolute Gasteiger partial charge is 0.493 e. The molecule has 16 heavy (non-hydrogen) atoms. The van der Waals surface area contributed by atoms with Crippen molar-refractivity contribution in [3.8, 4) is 5.75 Å². The summed E-state index contributed by atoms with van der Waals surface area (Å²) in [6, 6.07) is 5.21. The number of ketones is 1. The SMILES string of the molecule is CCCOc1cc(C(C)=O)ccc1C(C)=N. The summed E-state index contributed by atoms with van der Waals surface area (Å²) in [6.45, 7) is 5.85. The monoisotopic (exact) mass is 219 g/mol. The Morgan fingerprint density at radius 2 is 2.06 bits per heavy atom. The molecule has 0 atom stereocenters. The molecule has 0 heterocycles. The Morgan fingerprint density at radius 3 is 2.56 bits per heavy atom. The molecule has 1 N–H and O–H groups in total. The maximum Gasteiger partial charge on any atom is 0.159 e. The number of carbonyl (C=O) groups is 1. The van der Waals surface area contributed by atoms with Gasteiger partial charge < -0.3 is 10.1 Å². The van der Waals surface area contributed by atoms with E-state index < -0.39 is 0 Å². The molecule has 0 saturated heterocycles. The molecule has 1 aromatic carbocycles. The third-order valence-electron chi connectivity index (χ3n) is 2.25. The van der Waals surface area contributed by atoms with Crippen LogP contribution in [0, 0.1) is 5.41 Å². The lowest BCUT2D eigenvalue weighted by atomic mass is 10.0. The maximum absolute atomic E-state index is 11.2. The fourth-order valence-corrected chi connectivity index (χ4v) is 1.38. The van der Waals surface area contributed by atoms with E-state index in [2.05, 4.69) is 0 Å². The summed E-state index contributed by atoms with van der Waals surface area (Å²) in [4.78, 5) is 11.2. The third-order valence-corrected chi connectivity index (χ3v) is 2.25. The first kappa shape index (κ1) is 12.4. The molecule has 0 aliphatic rings. The predicted molar refractivity (Wildman–Crippen MR) is 64.7 cm³/mol. The highest BCUT2D eigenvalue weighted by atomic mass is 16.5. The average molecular weight is 219 g/mol. The van der Waals surface area contributed by atoms with E-state index in [-0.39, 0.29) is 5.78 Å². The zero-order chi connectivity index (χ0) is 12.1. The molecule has 0 aromatic heterocycles. The molecule has 0 radical (unpaired) electrons. The minimum Gasteiger partial charge on any atom is -0.493 e. The normalized spacial score (nSPS) is 9.94. The van der Waals surface area contributed by atoms with Crippen molar-refractivity contribution in [2.24, 2.45) is 0 Å². The van der Waals surface area contributed by atoms with Crippen molar-refractivity contribution in [1.29, 1.82) is 5.41 Å². The van der Waals surface area contributed by atoms with Gasteiger partial charge in [0.15, 0.2) is 5.78 Å². The van der Waals surface area contributed by atoms with Gasteiger partial charge in [-0.2, -0.15) is 0 Å². The summed E-state index contributed by atoms with van der Waals surface area (Å²) >= 11 is 0. The molecule has 0 amide bonds. The molecule has 1 aromatic rings. The van der Waals surface area contributed by atoms with E-state index in [1.54, 1.807) is 25.1 Å². The summed E-state index contributed by atoms with van der Waals surface area (Å²) in [6.07, 6.45) is 0.904. The van der Waals surface area contributed by atoms with Crippen molar-refractivity contribution in [3.63, 3.8) is 0 Å². The van der Waals surface area contributed by atoms with Gasteiger partial charge in [-0.05, 0) is 32.4 Å². The number of ether oxygens (including phenoxy) is 1. The number of benzene rings is 1. The Labute approximate surface area is 95.9 Å². The summed E-state index contributed by atoms with van der Waals surface area (Å²) < 4.78 is 5.55. The van der Waals surface area contributed by atoms with E-state index in [1.807, 2.05) is 6.92 Å². The van der Waals surface area contributed by atoms with Crippen LogP contribution in [0.4, 0.5) is 0 Å². The van der Waals surface area contributed by atoms with E-state index in [0.717, 1.165) is 12.0 Å². The van der Waals surface area contributed by atoms with Crippen LogP contribution in [0.5, 0.6) is 5.75 Å². The lowest BCUT2D eigenvalue weighted by Gasteiger charge is -2.11. The van der Waals surface area contributed by atoms with Crippen LogP contribution >= 0.6 is 0 Å². The Kier molecular flexibility index (Phi) is 4.23. The summed E-state index contributed by atoms with van der Waals surface area (Å²) in [7, 11) is 0. The molecular formula is C13H17NO2. The van der Waals surface area contributed by atoms with Crippen molar-refractivity contribution in [2.75, 3.05) is 6.61 Å². The molecule has 0 bridgehead atoms. The van der Waals surface area contributed by atoms with Crippen molar-refractivity contribution in [2.45, 2.75) is 27.2 Å². The first-order chi connectivity index (χ1) is 7.56. The van der Waals surface area contributed by atoms with Gasteiger partial charge in [-0.3, -0.25) is 4.79 Å². The second-order valence-corrected chi connectivity index (χ2v) is 3.74. The van der Waals surface area contributed by atoms with Crippen LogP contribution in [0.25, 0.3) is 0 Å². The number of Topliss-reactive ketones (excluding diaryl/α,β-unsaturated/α-hetero) is 1. The highest BCUT2D eigenvalue weighted by Crippen LogP contribution is 2.21. The molecule has 0 fully saturated rings. The smallest absolute Gasteiger partial charge is 0.159 e. The molecular weight excluding hydrogens is 202 g/mol. The number of rotatable bonds is 5. The van der Waals surface area contributed by atoms with Crippen molar-refractivity contribution < 1.29 is 9.53 Å². The Hall–Kier alpha value is -1.64. The fourth-order valence-electron chi connectivity index (χ4n) is 1.38. The zero-order valence-corrected chi connectivity index (χ0v) is 9.96. The standard InChI is InChI=1S/C13H17NO2/c1-4-7-16-13-8-11(10(3)15)5-6-12(13)9(2)14/h5-6,8,14H,4,7H2,1-3H3. The number of hydrogen-bond donors (Lipinski definition) is 1. The van der Waals surface area contributed by atoms with E-state index in [0.29, 0.717) is 23.6 Å². The van der Waals surface area contributed by atoms with E-state index in [9.17, 15) is 4.79 Å². The lowest BCUT2D eigenvalue weighted by molar-refractivity contribution is 0.101. The number of carbonyl (C=O) groups excluding carboxylic acids is 1. The van der Waals surface area contributed by atoms with Gasteiger partial charge in [-0.1, -0.05) is 13.0 Å². The highest BCUT2D eigenvalue weighted by Gasteiger charge is 2.09. The van der Waals surface area contributed by atoms with Crippen molar-refractivity contribution in [3.05, 3.63) is 29.3 Å². The minimum absolute atomic E-state index is 0.00975. The molecule has 0 saturated carbocycles. The van der Waals surface area contributed by atoms with Crippen molar-refractivity contribution >= 4 is 11.5 Å². The van der Waals surface area contributed by atoms with Gasteiger partial charge in [0, 0.05) is 16.8 Å². The summed E-state index contributed by atoms with van der Waals surface area (Å²) in [5.74, 6) is 0.637. The Balaban J connectivity index is 3.10. The minimum atomic E-state index is 0.00975. The zero-order valence-electron chi connectivity index (χ0n) is 9.96. The summed E-state index contributed by atoms with van der Waals surface area (Å²) in [5.41, 5.74) is 1.82. The van der Waals surface area contributed by atoms with E-state index >= 15 is 0 Å². The molecule has 86 valence electrons. The van der Waals surface area contributed by atoms with Crippen molar-refractivity contribution in [1.82, 2.24) is 0 Å². The average Bonchev–Trinajstić information content (AvgIpc) is 2.25. The quantitative estimate of drug-likeness (QED) is 0.611. The molecule has 0 spiro atoms. The highest BCUT2D eigenvalue weighted by molar-refractivity contribution is 6.01. The molecule has 0 unspecified atom stereocenters. The van der Waals surface area contributed by atoms with Crippen LogP contribution in [0.3, 0.4) is 0 Å². The van der Waals surface area contributed by atoms with Gasteiger partial charge in [-0.25, -0.2) is 0 Å². The van der Waals surface area contributed by atoms with E-state index in [1.165, 1.54) is 6.92 Å². The fraction of sp³-hybridized carbons (Fsp3) is 0.385. The van der Waals surface area contributed by atoms with E-state index in [4.69, 9.17) is 10.1 Å². The Morgan fingerprint density at radius 1 is 1.38 bits per heavy atom. The van der Waals surface area contributed by atoms with Gasteiger partial charge in [0.2, 0.25) is 0 Å². The van der Waals surface area contributed by atoms with Gasteiger partial charge in [0.1, 0.15) is 5.75 Å². The molecule has 0 aliphatic carbocycles. The van der Waals surface area contributed by atoms with Gasteiger partial charge >= 0.3 is 0 Å². The van der Waals surface area contributed by atoms with Crippen LogP contribution in [0.2, 0.25) is 0 Å². The van der Waals surface area contributed by atoms with Crippen LogP contribution in [0.15, 0.2) is 18.2 Å². The predicted octanol–water partition coefficient (Wildman–Crippen LogP) is 3.07. The molecule has 0 aliphatic heterocycles.